The second kappa shape index (κ2) is 11.1. The van der Waals surface area contributed by atoms with Gasteiger partial charge in [-0.25, -0.2) is 14.5 Å². The van der Waals surface area contributed by atoms with Crippen molar-refractivity contribution in [2.75, 3.05) is 6.61 Å². The van der Waals surface area contributed by atoms with Crippen molar-refractivity contribution in [1.29, 1.82) is 0 Å². The fourth-order valence-electron chi connectivity index (χ4n) is 1.02. The molecule has 0 N–H and O–H groups in total. The minimum Gasteiger partial charge on any atom is -0.433 e. The van der Waals surface area contributed by atoms with Gasteiger partial charge in [-0.05, 0) is 32.2 Å². The number of hydrogen-bond donors (Lipinski definition) is 0. The average molecular weight is 306 g/mol. The van der Waals surface area contributed by atoms with Crippen molar-refractivity contribution < 1.29 is 38.6 Å². The summed E-state index contributed by atoms with van der Waals surface area (Å²) in [4.78, 5) is 31.1. The molecule has 122 valence electrons. The standard InChI is InChI=1S/C13H22O8/c1-6-7-8-16-21-20-13(15)19-11(5)17-10(4)18-12(14)9(2)3/h10-11H,2,6-8H2,1,3-5H3. The van der Waals surface area contributed by atoms with E-state index in [0.717, 1.165) is 12.8 Å². The first-order chi connectivity index (χ1) is 9.86. The van der Waals surface area contributed by atoms with Gasteiger partial charge < -0.3 is 14.2 Å². The molecule has 0 radical (unpaired) electrons. The van der Waals surface area contributed by atoms with Gasteiger partial charge in [0, 0.05) is 5.57 Å². The Morgan fingerprint density at radius 2 is 1.76 bits per heavy atom. The lowest BCUT2D eigenvalue weighted by Gasteiger charge is -2.18. The molecular weight excluding hydrogens is 284 g/mol. The molecule has 0 aromatic carbocycles. The number of hydrogen-bond acceptors (Lipinski definition) is 8. The van der Waals surface area contributed by atoms with Gasteiger partial charge in [0.15, 0.2) is 0 Å². The molecule has 0 heterocycles. The number of carbonyl (C=O) groups is 2. The van der Waals surface area contributed by atoms with Crippen LogP contribution in [0.1, 0.15) is 40.5 Å². The summed E-state index contributed by atoms with van der Waals surface area (Å²) >= 11 is 0. The lowest BCUT2D eigenvalue weighted by atomic mass is 10.4. The van der Waals surface area contributed by atoms with Crippen LogP contribution >= 0.6 is 0 Å². The number of esters is 1. The molecular formula is C13H22O8. The molecule has 0 spiro atoms. The number of carbonyl (C=O) groups excluding carboxylic acids is 2. The summed E-state index contributed by atoms with van der Waals surface area (Å²) in [5.74, 6) is -0.607. The average Bonchev–Trinajstić information content (AvgIpc) is 2.37. The van der Waals surface area contributed by atoms with E-state index in [0.29, 0.717) is 6.61 Å². The van der Waals surface area contributed by atoms with E-state index >= 15 is 0 Å². The molecule has 21 heavy (non-hydrogen) atoms. The second-order valence-corrected chi connectivity index (χ2v) is 4.15. The first-order valence-corrected chi connectivity index (χ1v) is 6.55. The van der Waals surface area contributed by atoms with Gasteiger partial charge in [0.1, 0.15) is 0 Å². The van der Waals surface area contributed by atoms with Crippen LogP contribution in [0.4, 0.5) is 4.79 Å². The van der Waals surface area contributed by atoms with E-state index in [9.17, 15) is 9.59 Å². The highest BCUT2D eigenvalue weighted by Gasteiger charge is 2.18. The van der Waals surface area contributed by atoms with E-state index < -0.39 is 24.7 Å². The summed E-state index contributed by atoms with van der Waals surface area (Å²) in [5.41, 5.74) is 0.232. The van der Waals surface area contributed by atoms with Crippen molar-refractivity contribution in [3.8, 4) is 0 Å². The third-order valence-electron chi connectivity index (χ3n) is 2.00. The lowest BCUT2D eigenvalue weighted by molar-refractivity contribution is -0.488. The van der Waals surface area contributed by atoms with E-state index in [2.05, 4.69) is 26.1 Å². The van der Waals surface area contributed by atoms with Crippen molar-refractivity contribution in [3.05, 3.63) is 12.2 Å². The quantitative estimate of drug-likeness (QED) is 0.152. The van der Waals surface area contributed by atoms with Gasteiger partial charge in [-0.3, -0.25) is 0 Å². The smallest absolute Gasteiger partial charge is 0.433 e. The third kappa shape index (κ3) is 10.8. The van der Waals surface area contributed by atoms with Gasteiger partial charge in [-0.15, -0.1) is 0 Å². The highest BCUT2D eigenvalue weighted by molar-refractivity contribution is 5.86. The lowest BCUT2D eigenvalue weighted by Crippen LogP contribution is -2.27. The van der Waals surface area contributed by atoms with Crippen LogP contribution in [-0.4, -0.2) is 31.3 Å². The van der Waals surface area contributed by atoms with Gasteiger partial charge in [0.2, 0.25) is 12.6 Å². The van der Waals surface area contributed by atoms with Gasteiger partial charge in [0.05, 0.1) is 6.61 Å². The molecule has 0 bridgehead atoms. The molecule has 0 rings (SSSR count). The first kappa shape index (κ1) is 19.4. The van der Waals surface area contributed by atoms with Crippen molar-refractivity contribution in [2.24, 2.45) is 0 Å². The molecule has 8 heteroatoms. The maximum atomic E-state index is 11.2. The highest BCUT2D eigenvalue weighted by atomic mass is 17.5. The van der Waals surface area contributed by atoms with Crippen LogP contribution in [0.5, 0.6) is 0 Å². The Bertz CT molecular complexity index is 341. The summed E-state index contributed by atoms with van der Waals surface area (Å²) in [6.07, 6.45) is -1.39. The number of ether oxygens (including phenoxy) is 3. The van der Waals surface area contributed by atoms with E-state index in [1.54, 1.807) is 0 Å². The number of unbranched alkanes of at least 4 members (excludes halogenated alkanes) is 1. The fraction of sp³-hybridized carbons (Fsp3) is 0.692. The maximum Gasteiger partial charge on any atom is 0.544 e. The fourth-order valence-corrected chi connectivity index (χ4v) is 1.02. The Morgan fingerprint density at radius 3 is 2.33 bits per heavy atom. The molecule has 0 aromatic rings. The molecule has 0 aromatic heterocycles. The summed E-state index contributed by atoms with van der Waals surface area (Å²) in [6, 6.07) is 0. The Morgan fingerprint density at radius 1 is 1.14 bits per heavy atom. The number of rotatable bonds is 10. The van der Waals surface area contributed by atoms with Gasteiger partial charge in [-0.2, -0.15) is 4.89 Å². The van der Waals surface area contributed by atoms with E-state index in [1.165, 1.54) is 20.8 Å². The van der Waals surface area contributed by atoms with Crippen molar-refractivity contribution >= 4 is 12.1 Å². The van der Waals surface area contributed by atoms with E-state index in [4.69, 9.17) is 9.47 Å². The normalized spacial score (nSPS) is 13.1. The van der Waals surface area contributed by atoms with Crippen LogP contribution in [0.25, 0.3) is 0 Å². The molecule has 0 aliphatic heterocycles. The topological polar surface area (TPSA) is 89.5 Å². The Labute approximate surface area is 123 Å². The molecule has 2 unspecified atom stereocenters. The van der Waals surface area contributed by atoms with Crippen LogP contribution in [0.3, 0.4) is 0 Å². The minimum absolute atomic E-state index is 0.232. The second-order valence-electron chi connectivity index (χ2n) is 4.15. The van der Waals surface area contributed by atoms with Crippen LogP contribution in [0.15, 0.2) is 12.2 Å². The summed E-state index contributed by atoms with van der Waals surface area (Å²) in [6.45, 7) is 10.1. The van der Waals surface area contributed by atoms with Gasteiger partial charge in [0.25, 0.3) is 0 Å². The van der Waals surface area contributed by atoms with Crippen LogP contribution < -0.4 is 0 Å². The monoisotopic (exact) mass is 306 g/mol. The molecule has 2 atom stereocenters. The zero-order valence-corrected chi connectivity index (χ0v) is 12.7. The summed E-state index contributed by atoms with van der Waals surface area (Å²) in [5, 5.41) is 4.17. The van der Waals surface area contributed by atoms with E-state index in [1.807, 2.05) is 6.92 Å². The Kier molecular flexibility index (Phi) is 10.2. The summed E-state index contributed by atoms with van der Waals surface area (Å²) in [7, 11) is 0. The molecule has 0 fully saturated rings. The minimum atomic E-state index is -1.14. The molecule has 0 amide bonds. The van der Waals surface area contributed by atoms with Gasteiger partial charge in [-0.1, -0.05) is 19.9 Å². The maximum absolute atomic E-state index is 11.2. The van der Waals surface area contributed by atoms with Crippen LogP contribution in [-0.2, 0) is 33.8 Å². The van der Waals surface area contributed by atoms with Crippen LogP contribution in [0.2, 0.25) is 0 Å². The van der Waals surface area contributed by atoms with Crippen molar-refractivity contribution in [2.45, 2.75) is 53.1 Å². The largest absolute Gasteiger partial charge is 0.544 e. The molecule has 0 saturated carbocycles. The molecule has 0 saturated heterocycles. The predicted molar refractivity (Wildman–Crippen MR) is 70.4 cm³/mol. The first-order valence-electron chi connectivity index (χ1n) is 6.55. The van der Waals surface area contributed by atoms with Crippen molar-refractivity contribution in [1.82, 2.24) is 0 Å². The van der Waals surface area contributed by atoms with Crippen molar-refractivity contribution in [3.63, 3.8) is 0 Å². The van der Waals surface area contributed by atoms with Gasteiger partial charge >= 0.3 is 12.1 Å². The molecule has 8 nitrogen and oxygen atoms in total. The third-order valence-corrected chi connectivity index (χ3v) is 2.00. The van der Waals surface area contributed by atoms with Crippen LogP contribution in [0, 0.1) is 0 Å². The SMILES string of the molecule is C=C(C)C(=O)OC(C)OC(C)OC(=O)OOOCCCC. The predicted octanol–water partition coefficient (Wildman–Crippen LogP) is 2.63. The zero-order chi connectivity index (χ0) is 16.3. The Balaban J connectivity index is 3.81. The zero-order valence-electron chi connectivity index (χ0n) is 12.7. The van der Waals surface area contributed by atoms with E-state index in [-0.39, 0.29) is 5.57 Å². The molecule has 0 aliphatic rings. The highest BCUT2D eigenvalue weighted by Crippen LogP contribution is 2.05. The Hall–Kier alpha value is -1.64. The molecule has 0 aliphatic carbocycles. The summed E-state index contributed by atoms with van der Waals surface area (Å²) < 4.78 is 14.6.